The van der Waals surface area contributed by atoms with E-state index in [2.05, 4.69) is 0 Å². The molecule has 1 unspecified atom stereocenters. The second kappa shape index (κ2) is 9.09. The summed E-state index contributed by atoms with van der Waals surface area (Å²) in [5, 5.41) is 21.7. The molecule has 0 bridgehead atoms. The van der Waals surface area contributed by atoms with Crippen LogP contribution in [0.2, 0.25) is 0 Å². The SMILES string of the molecule is COC(=O)C(CC1=CCC([N+](=O)[O-])C=C1)(Cc1ccc([N+](=O)[O-])cc1)C(=O)OC. The van der Waals surface area contributed by atoms with Crippen LogP contribution in [0.4, 0.5) is 5.69 Å². The molecule has 10 heteroatoms. The highest BCUT2D eigenvalue weighted by atomic mass is 16.6. The molecule has 1 aliphatic rings. The Morgan fingerprint density at radius 3 is 2.07 bits per heavy atom. The van der Waals surface area contributed by atoms with Crippen LogP contribution < -0.4 is 0 Å². The zero-order valence-corrected chi connectivity index (χ0v) is 15.9. The van der Waals surface area contributed by atoms with Crippen molar-refractivity contribution in [2.75, 3.05) is 14.2 Å². The molecule has 1 aliphatic carbocycles. The van der Waals surface area contributed by atoms with E-state index in [1.807, 2.05) is 0 Å². The Balaban J connectivity index is 2.39. The number of benzene rings is 1. The van der Waals surface area contributed by atoms with Gasteiger partial charge < -0.3 is 9.47 Å². The number of allylic oxidation sites excluding steroid dienone is 2. The van der Waals surface area contributed by atoms with Gasteiger partial charge in [-0.05, 0) is 24.5 Å². The lowest BCUT2D eigenvalue weighted by Gasteiger charge is -2.29. The molecule has 0 fully saturated rings. The van der Waals surface area contributed by atoms with Crippen molar-refractivity contribution in [1.82, 2.24) is 0 Å². The molecule has 1 aromatic rings. The standard InChI is InChI=1S/C19H20N2O8/c1-28-17(22)19(18(23)29-2,11-13-3-7-15(8-4-13)20(24)25)12-14-5-9-16(10-6-14)21(26)27/h3-9,16H,10-12H2,1-2H3. The largest absolute Gasteiger partial charge is 0.468 e. The molecule has 0 aromatic heterocycles. The van der Waals surface area contributed by atoms with Crippen LogP contribution in [-0.4, -0.2) is 42.0 Å². The van der Waals surface area contributed by atoms with Crippen molar-refractivity contribution in [3.8, 4) is 0 Å². The molecule has 0 radical (unpaired) electrons. The highest BCUT2D eigenvalue weighted by Gasteiger charge is 2.49. The first kappa shape index (κ1) is 21.7. The minimum atomic E-state index is -1.74. The van der Waals surface area contributed by atoms with E-state index in [4.69, 9.17) is 9.47 Å². The van der Waals surface area contributed by atoms with Crippen LogP contribution in [0, 0.1) is 25.6 Å². The fourth-order valence-corrected chi connectivity index (χ4v) is 3.20. The van der Waals surface area contributed by atoms with Crippen molar-refractivity contribution >= 4 is 17.6 Å². The first-order valence-electron chi connectivity index (χ1n) is 8.64. The fraction of sp³-hybridized carbons (Fsp3) is 0.368. The van der Waals surface area contributed by atoms with Gasteiger partial charge in [0, 0.05) is 23.5 Å². The zero-order chi connectivity index (χ0) is 21.6. The van der Waals surface area contributed by atoms with Gasteiger partial charge >= 0.3 is 11.9 Å². The Morgan fingerprint density at radius 1 is 1.07 bits per heavy atom. The van der Waals surface area contributed by atoms with Crippen LogP contribution in [0.1, 0.15) is 18.4 Å². The number of non-ortho nitro benzene ring substituents is 1. The molecule has 2 rings (SSSR count). The van der Waals surface area contributed by atoms with Gasteiger partial charge in [0.15, 0.2) is 5.41 Å². The summed E-state index contributed by atoms with van der Waals surface area (Å²) in [6.07, 6.45) is 4.44. The van der Waals surface area contributed by atoms with E-state index in [0.29, 0.717) is 11.1 Å². The predicted octanol–water partition coefficient (Wildman–Crippen LogP) is 2.39. The summed E-state index contributed by atoms with van der Waals surface area (Å²) in [5.41, 5.74) is -0.813. The van der Waals surface area contributed by atoms with E-state index in [1.165, 1.54) is 36.4 Å². The van der Waals surface area contributed by atoms with Crippen LogP contribution in [0.15, 0.2) is 48.1 Å². The number of ether oxygens (including phenoxy) is 2. The summed E-state index contributed by atoms with van der Waals surface area (Å²) in [5.74, 6) is -1.65. The van der Waals surface area contributed by atoms with Gasteiger partial charge in [0.1, 0.15) is 0 Å². The van der Waals surface area contributed by atoms with E-state index in [-0.39, 0.29) is 24.9 Å². The summed E-state index contributed by atoms with van der Waals surface area (Å²) >= 11 is 0. The summed E-state index contributed by atoms with van der Waals surface area (Å²) in [7, 11) is 2.29. The lowest BCUT2D eigenvalue weighted by atomic mass is 9.75. The maximum absolute atomic E-state index is 12.7. The van der Waals surface area contributed by atoms with Gasteiger partial charge in [0.05, 0.1) is 19.1 Å². The van der Waals surface area contributed by atoms with Gasteiger partial charge in [-0.3, -0.25) is 29.8 Å². The highest BCUT2D eigenvalue weighted by Crippen LogP contribution is 2.36. The second-order valence-electron chi connectivity index (χ2n) is 6.57. The summed E-state index contributed by atoms with van der Waals surface area (Å²) < 4.78 is 9.73. The highest BCUT2D eigenvalue weighted by molar-refractivity contribution is 6.00. The zero-order valence-electron chi connectivity index (χ0n) is 15.9. The quantitative estimate of drug-likeness (QED) is 0.278. The third-order valence-corrected chi connectivity index (χ3v) is 4.74. The van der Waals surface area contributed by atoms with Crippen LogP contribution in [0.5, 0.6) is 0 Å². The Labute approximate surface area is 166 Å². The van der Waals surface area contributed by atoms with Crippen molar-refractivity contribution in [3.05, 3.63) is 73.9 Å². The molecule has 154 valence electrons. The predicted molar refractivity (Wildman–Crippen MR) is 101 cm³/mol. The molecule has 0 aliphatic heterocycles. The minimum Gasteiger partial charge on any atom is -0.468 e. The maximum Gasteiger partial charge on any atom is 0.323 e. The van der Waals surface area contributed by atoms with E-state index in [0.717, 1.165) is 14.2 Å². The van der Waals surface area contributed by atoms with Crippen LogP contribution >= 0.6 is 0 Å². The number of methoxy groups -OCH3 is 2. The van der Waals surface area contributed by atoms with Crippen molar-refractivity contribution < 1.29 is 28.9 Å². The second-order valence-corrected chi connectivity index (χ2v) is 6.57. The van der Waals surface area contributed by atoms with Crippen LogP contribution in [0.3, 0.4) is 0 Å². The normalized spacial score (nSPS) is 15.9. The number of carbonyl (C=O) groups is 2. The van der Waals surface area contributed by atoms with E-state index >= 15 is 0 Å². The smallest absolute Gasteiger partial charge is 0.323 e. The van der Waals surface area contributed by atoms with Gasteiger partial charge in [-0.25, -0.2) is 0 Å². The van der Waals surface area contributed by atoms with Crippen LogP contribution in [-0.2, 0) is 25.5 Å². The van der Waals surface area contributed by atoms with Crippen molar-refractivity contribution in [3.63, 3.8) is 0 Å². The van der Waals surface area contributed by atoms with Crippen molar-refractivity contribution in [1.29, 1.82) is 0 Å². The molecule has 1 aromatic carbocycles. The van der Waals surface area contributed by atoms with Gasteiger partial charge in [-0.1, -0.05) is 29.9 Å². The number of nitrogens with zero attached hydrogens (tertiary/aromatic N) is 2. The van der Waals surface area contributed by atoms with Crippen molar-refractivity contribution in [2.45, 2.75) is 25.3 Å². The molecular formula is C19H20N2O8. The van der Waals surface area contributed by atoms with Gasteiger partial charge in [0.2, 0.25) is 6.04 Å². The number of hydrogen-bond acceptors (Lipinski definition) is 8. The molecule has 1 atom stereocenters. The summed E-state index contributed by atoms with van der Waals surface area (Å²) in [4.78, 5) is 46.1. The molecule has 0 N–H and O–H groups in total. The lowest BCUT2D eigenvalue weighted by molar-refractivity contribution is -0.508. The Kier molecular flexibility index (Phi) is 6.81. The first-order chi connectivity index (χ1) is 13.7. The maximum atomic E-state index is 12.7. The molecule has 0 amide bonds. The van der Waals surface area contributed by atoms with Gasteiger partial charge in [-0.15, -0.1) is 0 Å². The third kappa shape index (κ3) is 4.84. The minimum absolute atomic E-state index is 0.0930. The molecule has 0 spiro atoms. The Bertz CT molecular complexity index is 857. The molecule has 0 heterocycles. The third-order valence-electron chi connectivity index (χ3n) is 4.74. The van der Waals surface area contributed by atoms with Crippen LogP contribution in [0.25, 0.3) is 0 Å². The van der Waals surface area contributed by atoms with E-state index < -0.39 is 33.2 Å². The summed E-state index contributed by atoms with van der Waals surface area (Å²) in [6, 6.07) is 4.59. The van der Waals surface area contributed by atoms with E-state index in [1.54, 1.807) is 6.08 Å². The van der Waals surface area contributed by atoms with E-state index in [9.17, 15) is 29.8 Å². The Morgan fingerprint density at radius 2 is 1.66 bits per heavy atom. The number of nitro groups is 2. The molecule has 29 heavy (non-hydrogen) atoms. The average molecular weight is 404 g/mol. The number of hydrogen-bond donors (Lipinski definition) is 0. The number of esters is 2. The Hall–Kier alpha value is -3.56. The number of rotatable bonds is 8. The van der Waals surface area contributed by atoms with Crippen molar-refractivity contribution in [2.24, 2.45) is 5.41 Å². The monoisotopic (exact) mass is 404 g/mol. The molecule has 10 nitrogen and oxygen atoms in total. The number of carbonyl (C=O) groups excluding carboxylic acids is 2. The topological polar surface area (TPSA) is 139 Å². The average Bonchev–Trinajstić information content (AvgIpc) is 2.72. The van der Waals surface area contributed by atoms with Gasteiger partial charge in [-0.2, -0.15) is 0 Å². The first-order valence-corrected chi connectivity index (χ1v) is 8.64. The number of nitro benzene ring substituents is 1. The fourth-order valence-electron chi connectivity index (χ4n) is 3.20. The molecule has 0 saturated heterocycles. The summed E-state index contributed by atoms with van der Waals surface area (Å²) in [6.45, 7) is 0. The van der Waals surface area contributed by atoms with Gasteiger partial charge in [0.25, 0.3) is 5.69 Å². The molecule has 0 saturated carbocycles. The lowest BCUT2D eigenvalue weighted by Crippen LogP contribution is -2.43. The molecular weight excluding hydrogens is 384 g/mol.